The van der Waals surface area contributed by atoms with Crippen LogP contribution in [0.5, 0.6) is 5.75 Å². The van der Waals surface area contributed by atoms with Crippen molar-refractivity contribution < 1.29 is 23.1 Å². The molecule has 1 saturated heterocycles. The van der Waals surface area contributed by atoms with E-state index in [1.54, 1.807) is 12.1 Å². The molecule has 0 spiro atoms. The van der Waals surface area contributed by atoms with Crippen molar-refractivity contribution in [1.29, 1.82) is 0 Å². The number of amides is 1. The number of rotatable bonds is 9. The van der Waals surface area contributed by atoms with Gasteiger partial charge in [0, 0.05) is 31.7 Å². The summed E-state index contributed by atoms with van der Waals surface area (Å²) in [5, 5.41) is 18.4. The Morgan fingerprint density at radius 2 is 1.75 bits per heavy atom. The number of aliphatic imine (C=N–C) groups is 1. The van der Waals surface area contributed by atoms with Gasteiger partial charge in [0.25, 0.3) is 5.91 Å². The molecule has 0 bridgehead atoms. The number of phenols is 1. The van der Waals surface area contributed by atoms with Crippen LogP contribution in [0.15, 0.2) is 29.3 Å². The van der Waals surface area contributed by atoms with Crippen LogP contribution in [0.3, 0.4) is 0 Å². The van der Waals surface area contributed by atoms with Crippen molar-refractivity contribution in [3.05, 3.63) is 29.8 Å². The molecule has 11 heteroatoms. The normalized spacial score (nSPS) is 15.7. The lowest BCUT2D eigenvalue weighted by molar-refractivity contribution is -0.148. The molecule has 1 aliphatic heterocycles. The van der Waals surface area contributed by atoms with Gasteiger partial charge in [0.1, 0.15) is 5.75 Å². The molecule has 1 heterocycles. The zero-order valence-electron chi connectivity index (χ0n) is 18.2. The van der Waals surface area contributed by atoms with Crippen molar-refractivity contribution in [2.45, 2.75) is 32.4 Å². The van der Waals surface area contributed by atoms with Crippen LogP contribution in [0.2, 0.25) is 0 Å². The van der Waals surface area contributed by atoms with Crippen LogP contribution in [0.25, 0.3) is 0 Å². The van der Waals surface area contributed by atoms with Crippen LogP contribution >= 0.6 is 24.0 Å². The smallest absolute Gasteiger partial charge is 0.401 e. The molecule has 0 radical (unpaired) electrons. The molecule has 1 amide bonds. The van der Waals surface area contributed by atoms with Crippen LogP contribution < -0.4 is 16.0 Å². The quantitative estimate of drug-likeness (QED) is 0.159. The first kappa shape index (κ1) is 28.3. The van der Waals surface area contributed by atoms with E-state index in [2.05, 4.69) is 20.9 Å². The van der Waals surface area contributed by atoms with Crippen LogP contribution in [0.4, 0.5) is 13.2 Å². The molecule has 0 aliphatic carbocycles. The van der Waals surface area contributed by atoms with Gasteiger partial charge in [0.2, 0.25) is 0 Å². The van der Waals surface area contributed by atoms with Gasteiger partial charge in [0.15, 0.2) is 5.96 Å². The first-order chi connectivity index (χ1) is 14.8. The number of guanidine groups is 1. The number of hydrogen-bond donors (Lipinski definition) is 4. The van der Waals surface area contributed by atoms with E-state index in [-0.39, 0.29) is 35.6 Å². The maximum Gasteiger partial charge on any atom is 0.401 e. The lowest BCUT2D eigenvalue weighted by Crippen LogP contribution is -2.42. The maximum absolute atomic E-state index is 12.5. The average Bonchev–Trinajstić information content (AvgIpc) is 2.71. The molecule has 0 saturated carbocycles. The molecule has 1 fully saturated rings. The number of carbonyl (C=O) groups is 1. The maximum atomic E-state index is 12.5. The number of carbonyl (C=O) groups excluding carboxylic acids is 1. The number of halogens is 4. The van der Waals surface area contributed by atoms with Gasteiger partial charge in [0.05, 0.1) is 6.54 Å². The van der Waals surface area contributed by atoms with Crippen molar-refractivity contribution in [1.82, 2.24) is 20.9 Å². The van der Waals surface area contributed by atoms with E-state index in [0.717, 1.165) is 19.3 Å². The second kappa shape index (κ2) is 14.4. The fourth-order valence-corrected chi connectivity index (χ4v) is 3.46. The second-order valence-corrected chi connectivity index (χ2v) is 7.61. The van der Waals surface area contributed by atoms with E-state index >= 15 is 0 Å². The molecule has 1 aliphatic rings. The monoisotopic (exact) mass is 571 g/mol. The van der Waals surface area contributed by atoms with Crippen molar-refractivity contribution in [2.24, 2.45) is 10.9 Å². The molecule has 7 nitrogen and oxygen atoms in total. The number of phenolic OH excluding ortho intramolecular Hbond substituents is 1. The van der Waals surface area contributed by atoms with Crippen molar-refractivity contribution in [2.75, 3.05) is 45.8 Å². The Morgan fingerprint density at radius 1 is 1.12 bits per heavy atom. The largest absolute Gasteiger partial charge is 0.508 e. The molecule has 0 unspecified atom stereocenters. The second-order valence-electron chi connectivity index (χ2n) is 7.61. The predicted molar refractivity (Wildman–Crippen MR) is 130 cm³/mol. The molecule has 0 aromatic heterocycles. The summed E-state index contributed by atoms with van der Waals surface area (Å²) in [5.74, 6) is 0.925. The summed E-state index contributed by atoms with van der Waals surface area (Å²) < 4.78 is 37.4. The minimum absolute atomic E-state index is 0. The number of benzene rings is 1. The highest BCUT2D eigenvalue weighted by molar-refractivity contribution is 14.0. The molecule has 2 rings (SSSR count). The van der Waals surface area contributed by atoms with Gasteiger partial charge >= 0.3 is 6.18 Å². The van der Waals surface area contributed by atoms with E-state index in [9.17, 15) is 23.1 Å². The van der Waals surface area contributed by atoms with Crippen LogP contribution in [-0.2, 0) is 0 Å². The van der Waals surface area contributed by atoms with Crippen molar-refractivity contribution >= 4 is 35.8 Å². The van der Waals surface area contributed by atoms with Crippen molar-refractivity contribution in [3.63, 3.8) is 0 Å². The third-order valence-electron chi connectivity index (χ3n) is 5.09. The van der Waals surface area contributed by atoms with E-state index in [1.165, 1.54) is 17.0 Å². The zero-order chi connectivity index (χ0) is 22.7. The van der Waals surface area contributed by atoms with Gasteiger partial charge in [-0.15, -0.1) is 24.0 Å². The van der Waals surface area contributed by atoms with E-state index in [1.807, 2.05) is 6.92 Å². The van der Waals surface area contributed by atoms with Crippen LogP contribution in [0, 0.1) is 5.92 Å². The number of likely N-dealkylation sites (tertiary alicyclic amines) is 1. The topological polar surface area (TPSA) is 89.0 Å². The fourth-order valence-electron chi connectivity index (χ4n) is 3.46. The third kappa shape index (κ3) is 11.2. The molecule has 1 aromatic rings. The number of alkyl halides is 3. The van der Waals surface area contributed by atoms with Gasteiger partial charge in [-0.3, -0.25) is 14.7 Å². The summed E-state index contributed by atoms with van der Waals surface area (Å²) in [6.07, 6.45) is -1.77. The highest BCUT2D eigenvalue weighted by Gasteiger charge is 2.32. The fraction of sp³-hybridized carbons (Fsp3) is 0.619. The third-order valence-corrected chi connectivity index (χ3v) is 5.09. The minimum Gasteiger partial charge on any atom is -0.508 e. The molecule has 0 atom stereocenters. The van der Waals surface area contributed by atoms with Crippen LogP contribution in [-0.4, -0.2) is 73.9 Å². The van der Waals surface area contributed by atoms with Gasteiger partial charge < -0.3 is 21.1 Å². The lowest BCUT2D eigenvalue weighted by atomic mass is 9.93. The average molecular weight is 571 g/mol. The Bertz CT molecular complexity index is 708. The minimum atomic E-state index is -4.13. The van der Waals surface area contributed by atoms with Gasteiger partial charge in [-0.25, -0.2) is 0 Å². The lowest BCUT2D eigenvalue weighted by Gasteiger charge is -2.32. The Labute approximate surface area is 204 Å². The summed E-state index contributed by atoms with van der Waals surface area (Å²) >= 11 is 0. The number of nitrogens with zero attached hydrogens (tertiary/aromatic N) is 2. The summed E-state index contributed by atoms with van der Waals surface area (Å²) in [5.41, 5.74) is 0.472. The number of piperidine rings is 1. The molecular weight excluding hydrogens is 538 g/mol. The summed E-state index contributed by atoms with van der Waals surface area (Å²) in [7, 11) is 0. The summed E-state index contributed by atoms with van der Waals surface area (Å²) in [6.45, 7) is 4.28. The molecule has 182 valence electrons. The van der Waals surface area contributed by atoms with Crippen LogP contribution in [0.1, 0.15) is 36.5 Å². The molecular formula is C21H33F3IN5O2. The summed E-state index contributed by atoms with van der Waals surface area (Å²) in [6, 6.07) is 6.03. The van der Waals surface area contributed by atoms with E-state index < -0.39 is 12.7 Å². The number of aromatic hydroxyl groups is 1. The Kier molecular flexibility index (Phi) is 12.7. The first-order valence-corrected chi connectivity index (χ1v) is 10.7. The van der Waals surface area contributed by atoms with E-state index in [0.29, 0.717) is 56.7 Å². The highest BCUT2D eigenvalue weighted by atomic mass is 127. The predicted octanol–water partition coefficient (Wildman–Crippen LogP) is 2.96. The SMILES string of the molecule is CCNC(=NCCC1CCN(CC(F)(F)F)CC1)NCCNC(=O)c1ccc(O)cc1.I. The highest BCUT2D eigenvalue weighted by Crippen LogP contribution is 2.24. The Morgan fingerprint density at radius 3 is 2.34 bits per heavy atom. The van der Waals surface area contributed by atoms with Gasteiger partial charge in [-0.2, -0.15) is 13.2 Å². The zero-order valence-corrected chi connectivity index (χ0v) is 20.6. The molecule has 4 N–H and O–H groups in total. The Hall–Kier alpha value is -1.76. The van der Waals surface area contributed by atoms with E-state index in [4.69, 9.17) is 0 Å². The standard InChI is InChI=1S/C21H32F3N5O2.HI/c1-2-25-20(28-12-11-26-19(31)17-3-5-18(30)6-4-17)27-10-7-16-8-13-29(14-9-16)15-21(22,23)24;/h3-6,16,30H,2,7-15H2,1H3,(H,26,31)(H2,25,27,28);1H. The molecule has 1 aromatic carbocycles. The summed E-state index contributed by atoms with van der Waals surface area (Å²) in [4.78, 5) is 18.0. The molecule has 32 heavy (non-hydrogen) atoms. The van der Waals surface area contributed by atoms with Gasteiger partial charge in [-0.1, -0.05) is 0 Å². The van der Waals surface area contributed by atoms with Gasteiger partial charge in [-0.05, 0) is 69.5 Å². The first-order valence-electron chi connectivity index (χ1n) is 10.7. The Balaban J connectivity index is 0.00000512. The van der Waals surface area contributed by atoms with Crippen molar-refractivity contribution in [3.8, 4) is 5.75 Å². The number of hydrogen-bond acceptors (Lipinski definition) is 4. The number of nitrogens with one attached hydrogen (secondary N) is 3.